The van der Waals surface area contributed by atoms with Gasteiger partial charge >= 0.3 is 5.97 Å². The summed E-state index contributed by atoms with van der Waals surface area (Å²) < 4.78 is 7.25. The molecule has 0 spiro atoms. The Labute approximate surface area is 163 Å². The summed E-state index contributed by atoms with van der Waals surface area (Å²) in [6.45, 7) is 2.76. The quantitative estimate of drug-likeness (QED) is 0.338. The van der Waals surface area contributed by atoms with E-state index in [4.69, 9.17) is 4.74 Å². The van der Waals surface area contributed by atoms with Crippen molar-refractivity contribution in [1.82, 2.24) is 9.55 Å². The van der Waals surface area contributed by atoms with Gasteiger partial charge in [-0.15, -0.1) is 11.8 Å². The minimum absolute atomic E-state index is 0.320. The maximum atomic E-state index is 12.6. The number of imidazole rings is 1. The number of rotatable bonds is 7. The number of esters is 1. The van der Waals surface area contributed by atoms with Crippen molar-refractivity contribution in [3.8, 4) is 0 Å². The van der Waals surface area contributed by atoms with Crippen LogP contribution in [0, 0.1) is 0 Å². The first-order chi connectivity index (χ1) is 13.2. The van der Waals surface area contributed by atoms with E-state index in [0.29, 0.717) is 24.5 Å². The maximum absolute atomic E-state index is 12.6. The van der Waals surface area contributed by atoms with Crippen molar-refractivity contribution in [2.45, 2.75) is 18.4 Å². The van der Waals surface area contributed by atoms with E-state index in [1.807, 2.05) is 65.6 Å². The van der Waals surface area contributed by atoms with Gasteiger partial charge in [-0.05, 0) is 42.5 Å². The monoisotopic (exact) mass is 378 g/mol. The third-order valence-corrected chi connectivity index (χ3v) is 4.82. The summed E-state index contributed by atoms with van der Waals surface area (Å²) >= 11 is 1.68. The molecule has 0 atom stereocenters. The van der Waals surface area contributed by atoms with Gasteiger partial charge in [-0.25, -0.2) is 9.78 Å². The molecular weight excluding hydrogens is 356 g/mol. The van der Waals surface area contributed by atoms with Crippen LogP contribution in [0.2, 0.25) is 0 Å². The maximum Gasteiger partial charge on any atom is 0.341 e. The molecule has 0 aliphatic carbocycles. The van der Waals surface area contributed by atoms with Crippen molar-refractivity contribution >= 4 is 29.4 Å². The Hall–Kier alpha value is -2.79. The van der Waals surface area contributed by atoms with Crippen molar-refractivity contribution in [1.29, 1.82) is 0 Å². The van der Waals surface area contributed by atoms with E-state index >= 15 is 0 Å². The smallest absolute Gasteiger partial charge is 0.341 e. The van der Waals surface area contributed by atoms with Crippen LogP contribution in [0.1, 0.15) is 23.9 Å². The largest absolute Gasteiger partial charge is 0.462 e. The van der Waals surface area contributed by atoms with Crippen molar-refractivity contribution in [3.63, 3.8) is 0 Å². The molecule has 2 aromatic carbocycles. The Balaban J connectivity index is 1.97. The standard InChI is InChI=1S/C22H22N2O2S/c1-3-26-22(25)20(15-17-9-11-19(27-2)12-10-17)21-23-13-14-24(21)16-18-7-5-4-6-8-18/h4-15H,3,16H2,1-2H3/b20-15+. The lowest BCUT2D eigenvalue weighted by Gasteiger charge is -2.11. The summed E-state index contributed by atoms with van der Waals surface area (Å²) in [6, 6.07) is 18.2. The van der Waals surface area contributed by atoms with Gasteiger partial charge in [-0.2, -0.15) is 0 Å². The minimum atomic E-state index is -0.369. The van der Waals surface area contributed by atoms with Gasteiger partial charge in [0.2, 0.25) is 0 Å². The van der Waals surface area contributed by atoms with Gasteiger partial charge in [0, 0.05) is 23.8 Å². The van der Waals surface area contributed by atoms with Gasteiger partial charge in [0.1, 0.15) is 11.4 Å². The highest BCUT2D eigenvalue weighted by atomic mass is 32.2. The molecule has 3 aromatic rings. The van der Waals surface area contributed by atoms with Crippen LogP contribution in [-0.2, 0) is 16.1 Å². The molecule has 1 heterocycles. The summed E-state index contributed by atoms with van der Waals surface area (Å²) in [4.78, 5) is 18.2. The fourth-order valence-electron chi connectivity index (χ4n) is 2.75. The molecule has 1 aromatic heterocycles. The lowest BCUT2D eigenvalue weighted by molar-refractivity contribution is -0.136. The third-order valence-electron chi connectivity index (χ3n) is 4.07. The van der Waals surface area contributed by atoms with E-state index in [1.165, 1.54) is 4.90 Å². The molecular formula is C22H22N2O2S. The molecule has 0 unspecified atom stereocenters. The number of carbonyl (C=O) groups excluding carboxylic acids is 1. The number of aromatic nitrogens is 2. The van der Waals surface area contributed by atoms with E-state index in [0.717, 1.165) is 11.1 Å². The summed E-state index contributed by atoms with van der Waals surface area (Å²) in [6.07, 6.45) is 7.47. The van der Waals surface area contributed by atoms with E-state index in [2.05, 4.69) is 17.1 Å². The van der Waals surface area contributed by atoms with Crippen LogP contribution < -0.4 is 0 Å². The molecule has 0 saturated carbocycles. The van der Waals surface area contributed by atoms with Crippen LogP contribution in [0.4, 0.5) is 0 Å². The summed E-state index contributed by atoms with van der Waals surface area (Å²) in [7, 11) is 0. The number of hydrogen-bond donors (Lipinski definition) is 0. The molecule has 5 heteroatoms. The van der Waals surface area contributed by atoms with E-state index in [-0.39, 0.29) is 5.97 Å². The first-order valence-electron chi connectivity index (χ1n) is 8.79. The van der Waals surface area contributed by atoms with Gasteiger partial charge in [0.15, 0.2) is 0 Å². The molecule has 4 nitrogen and oxygen atoms in total. The summed E-state index contributed by atoms with van der Waals surface area (Å²) in [5.74, 6) is 0.234. The highest BCUT2D eigenvalue weighted by Gasteiger charge is 2.18. The average Bonchev–Trinajstić information content (AvgIpc) is 3.15. The van der Waals surface area contributed by atoms with E-state index in [9.17, 15) is 4.79 Å². The molecule has 0 aliphatic rings. The molecule has 138 valence electrons. The number of benzene rings is 2. The lowest BCUT2D eigenvalue weighted by Crippen LogP contribution is -2.12. The zero-order valence-electron chi connectivity index (χ0n) is 15.5. The molecule has 0 N–H and O–H groups in total. The number of thioether (sulfide) groups is 1. The SMILES string of the molecule is CCOC(=O)/C(=C/c1ccc(SC)cc1)c1nccn1Cc1ccccc1. The minimum Gasteiger partial charge on any atom is -0.462 e. The second kappa shape index (κ2) is 9.24. The predicted molar refractivity (Wildman–Crippen MR) is 110 cm³/mol. The van der Waals surface area contributed by atoms with Crippen molar-refractivity contribution in [2.75, 3.05) is 12.9 Å². The van der Waals surface area contributed by atoms with Crippen LogP contribution in [-0.4, -0.2) is 28.4 Å². The molecule has 0 amide bonds. The molecule has 0 saturated heterocycles. The summed E-state index contributed by atoms with van der Waals surface area (Å²) in [5, 5.41) is 0. The normalized spacial score (nSPS) is 11.4. The van der Waals surface area contributed by atoms with Gasteiger partial charge in [-0.1, -0.05) is 42.5 Å². The second-order valence-corrected chi connectivity index (χ2v) is 6.80. The first-order valence-corrected chi connectivity index (χ1v) is 10.0. The second-order valence-electron chi connectivity index (χ2n) is 5.92. The van der Waals surface area contributed by atoms with Gasteiger partial charge in [0.25, 0.3) is 0 Å². The van der Waals surface area contributed by atoms with Crippen LogP contribution in [0.5, 0.6) is 0 Å². The Morgan fingerprint density at radius 1 is 1.15 bits per heavy atom. The highest BCUT2D eigenvalue weighted by Crippen LogP contribution is 2.22. The molecule has 0 aliphatic heterocycles. The molecule has 0 bridgehead atoms. The number of ether oxygens (including phenoxy) is 1. The third kappa shape index (κ3) is 4.89. The number of nitrogens with zero attached hydrogens (tertiary/aromatic N) is 2. The predicted octanol–water partition coefficient (Wildman–Crippen LogP) is 4.76. The van der Waals surface area contributed by atoms with Crippen LogP contribution in [0.25, 0.3) is 11.6 Å². The Morgan fingerprint density at radius 3 is 2.56 bits per heavy atom. The fraction of sp³-hybridized carbons (Fsp3) is 0.182. The fourth-order valence-corrected chi connectivity index (χ4v) is 3.16. The Kier molecular flexibility index (Phi) is 6.49. The van der Waals surface area contributed by atoms with Crippen LogP contribution in [0.15, 0.2) is 71.9 Å². The highest BCUT2D eigenvalue weighted by molar-refractivity contribution is 7.98. The summed E-state index contributed by atoms with van der Waals surface area (Å²) in [5.41, 5.74) is 2.53. The van der Waals surface area contributed by atoms with Gasteiger partial charge in [0.05, 0.1) is 6.61 Å². The first kappa shape index (κ1) is 19.0. The number of carbonyl (C=O) groups is 1. The lowest BCUT2D eigenvalue weighted by atomic mass is 10.1. The Morgan fingerprint density at radius 2 is 1.89 bits per heavy atom. The molecule has 0 fully saturated rings. The van der Waals surface area contributed by atoms with Crippen LogP contribution in [0.3, 0.4) is 0 Å². The molecule has 27 heavy (non-hydrogen) atoms. The van der Waals surface area contributed by atoms with Crippen LogP contribution >= 0.6 is 11.8 Å². The van der Waals surface area contributed by atoms with E-state index < -0.39 is 0 Å². The zero-order chi connectivity index (χ0) is 19.1. The zero-order valence-corrected chi connectivity index (χ0v) is 16.3. The Bertz CT molecular complexity index is 915. The van der Waals surface area contributed by atoms with Crippen molar-refractivity contribution in [3.05, 3.63) is 83.9 Å². The van der Waals surface area contributed by atoms with Crippen molar-refractivity contribution in [2.24, 2.45) is 0 Å². The topological polar surface area (TPSA) is 44.1 Å². The average molecular weight is 378 g/mol. The number of hydrogen-bond acceptors (Lipinski definition) is 4. The van der Waals surface area contributed by atoms with Gasteiger partial charge in [-0.3, -0.25) is 0 Å². The van der Waals surface area contributed by atoms with Gasteiger partial charge < -0.3 is 9.30 Å². The molecule has 3 rings (SSSR count). The molecule has 0 radical (unpaired) electrons. The van der Waals surface area contributed by atoms with Crippen molar-refractivity contribution < 1.29 is 9.53 Å². The van der Waals surface area contributed by atoms with E-state index in [1.54, 1.807) is 24.9 Å².